The maximum Gasteiger partial charge on any atom is 0.164 e. The van der Waals surface area contributed by atoms with Crippen molar-refractivity contribution in [2.75, 3.05) is 13.3 Å². The Morgan fingerprint density at radius 3 is 1.50 bits per heavy atom. The van der Waals surface area contributed by atoms with Crippen LogP contribution in [0, 0.1) is 23.7 Å². The molecule has 4 aliphatic carbocycles. The van der Waals surface area contributed by atoms with Crippen molar-refractivity contribution in [1.82, 2.24) is 15.0 Å². The Kier molecular flexibility index (Phi) is 9.39. The number of rotatable bonds is 8. The van der Waals surface area contributed by atoms with Crippen LogP contribution in [0.5, 0.6) is 0 Å². The second-order valence-corrected chi connectivity index (χ2v) is 22.4. The van der Waals surface area contributed by atoms with Gasteiger partial charge in [0.25, 0.3) is 0 Å². The van der Waals surface area contributed by atoms with E-state index < -0.39 is 7.14 Å². The van der Waals surface area contributed by atoms with Crippen molar-refractivity contribution >= 4 is 34.0 Å². The van der Waals surface area contributed by atoms with E-state index in [1.807, 2.05) is 19.4 Å². The Hall–Kier alpha value is -6.48. The van der Waals surface area contributed by atoms with Gasteiger partial charge in [-0.3, -0.25) is 0 Å². The molecule has 5 heteroatoms. The van der Waals surface area contributed by atoms with Crippen molar-refractivity contribution in [3.8, 4) is 56.4 Å². The topological polar surface area (TPSA) is 55.7 Å². The van der Waals surface area contributed by atoms with E-state index in [-0.39, 0.29) is 5.41 Å². The van der Waals surface area contributed by atoms with Crippen molar-refractivity contribution in [2.45, 2.75) is 37.5 Å². The lowest BCUT2D eigenvalue weighted by atomic mass is 9.42. The van der Waals surface area contributed by atoms with Gasteiger partial charge in [-0.2, -0.15) is 0 Å². The van der Waals surface area contributed by atoms with Gasteiger partial charge in [0.15, 0.2) is 17.5 Å². The predicted octanol–water partition coefficient (Wildman–Crippen LogP) is 14.5. The molecular weight excluding hydrogens is 798 g/mol. The van der Waals surface area contributed by atoms with E-state index in [1.165, 1.54) is 65.3 Å². The van der Waals surface area contributed by atoms with Crippen LogP contribution < -0.4 is 5.30 Å². The first kappa shape index (κ1) is 39.1. The second-order valence-electron chi connectivity index (χ2n) is 19.2. The number of aromatic nitrogens is 3. The minimum atomic E-state index is -2.44. The zero-order chi connectivity index (χ0) is 43.0. The van der Waals surface area contributed by atoms with Gasteiger partial charge in [-0.1, -0.05) is 176 Å². The van der Waals surface area contributed by atoms with E-state index in [9.17, 15) is 4.57 Å². The second kappa shape index (κ2) is 15.4. The first-order valence-electron chi connectivity index (χ1n) is 23.0. The van der Waals surface area contributed by atoms with Crippen LogP contribution >= 0.6 is 7.14 Å². The summed E-state index contributed by atoms with van der Waals surface area (Å²) in [5, 5.41) is 5.55. The smallest absolute Gasteiger partial charge is 0.164 e. The Balaban J connectivity index is 0.946. The van der Waals surface area contributed by atoms with Crippen LogP contribution in [0.1, 0.15) is 43.2 Å². The number of benzene rings is 8. The highest BCUT2D eigenvalue weighted by Gasteiger charge is 2.58. The number of fused-ring (bicyclic) bond motifs is 2. The zero-order valence-corrected chi connectivity index (χ0v) is 37.3. The summed E-state index contributed by atoms with van der Waals surface area (Å²) >= 11 is 0. The molecule has 9 aromatic rings. The maximum atomic E-state index is 13.3. The Morgan fingerprint density at radius 1 is 0.422 bits per heavy atom. The van der Waals surface area contributed by atoms with Gasteiger partial charge in [0.1, 0.15) is 7.14 Å². The lowest BCUT2D eigenvalue weighted by Crippen LogP contribution is -2.56. The molecule has 312 valence electrons. The van der Waals surface area contributed by atoms with Gasteiger partial charge in [-0.05, 0) is 130 Å². The van der Waals surface area contributed by atoms with Gasteiger partial charge < -0.3 is 4.57 Å². The fraction of sp³-hybridized carbons (Fsp3) is 0.203. The van der Waals surface area contributed by atoms with Crippen molar-refractivity contribution < 1.29 is 4.57 Å². The molecule has 4 aliphatic rings. The molecule has 8 aromatic carbocycles. The van der Waals surface area contributed by atoms with E-state index in [0.717, 1.165) is 55.6 Å². The van der Waals surface area contributed by atoms with Crippen molar-refractivity contribution in [3.05, 3.63) is 193 Å². The minimum absolute atomic E-state index is 0.0610. The standard InChI is InChI=1S/C59H50N3OP/c1-64(2,63)55-31-30-52(53-14-8-9-15-54(53)55)43-22-26-48(27-23-43)59(50-33-38-32-39(35-50)36-51(59)34-38)49-28-24-45(25-29-49)57-60-56(44-19-16-42(17-20-44)40-10-4-3-5-11-40)61-58(62-57)47-21-18-41-12-6-7-13-46(41)37-47/h3-31,37-39,50-51H,32-36H2,1-2H3. The van der Waals surface area contributed by atoms with Crippen LogP contribution in [-0.2, 0) is 9.98 Å². The fourth-order valence-electron chi connectivity index (χ4n) is 12.4. The molecule has 13 rings (SSSR count). The van der Waals surface area contributed by atoms with Crippen LogP contribution in [0.4, 0.5) is 0 Å². The molecule has 4 nitrogen and oxygen atoms in total. The van der Waals surface area contributed by atoms with Crippen LogP contribution in [0.3, 0.4) is 0 Å². The van der Waals surface area contributed by atoms with Crippen molar-refractivity contribution in [1.29, 1.82) is 0 Å². The third-order valence-electron chi connectivity index (χ3n) is 15.1. The molecule has 4 saturated carbocycles. The summed E-state index contributed by atoms with van der Waals surface area (Å²) in [7, 11) is -2.44. The third kappa shape index (κ3) is 6.65. The lowest BCUT2D eigenvalue weighted by Gasteiger charge is -2.62. The van der Waals surface area contributed by atoms with Crippen LogP contribution in [-0.4, -0.2) is 28.3 Å². The molecule has 4 bridgehead atoms. The number of hydrogen-bond acceptors (Lipinski definition) is 4. The molecule has 1 heterocycles. The van der Waals surface area contributed by atoms with E-state index in [1.54, 1.807) is 0 Å². The van der Waals surface area contributed by atoms with Gasteiger partial charge >= 0.3 is 0 Å². The van der Waals surface area contributed by atoms with Gasteiger partial charge in [0.2, 0.25) is 0 Å². The molecule has 4 fully saturated rings. The van der Waals surface area contributed by atoms with Gasteiger partial charge in [-0.25, -0.2) is 15.0 Å². The SMILES string of the molecule is CP(C)(=O)c1ccc(-c2ccc(C3(c4ccc(-c5nc(-c6ccc(-c7ccccc7)cc6)nc(-c6ccc7ccccc7c6)n5)cc4)C4CC5CC(C4)CC3C5)cc2)c2ccccc12. The molecule has 64 heavy (non-hydrogen) atoms. The highest BCUT2D eigenvalue weighted by molar-refractivity contribution is 7.70. The highest BCUT2D eigenvalue weighted by atomic mass is 31.2. The van der Waals surface area contributed by atoms with Gasteiger partial charge in [0.05, 0.1) is 0 Å². The maximum absolute atomic E-state index is 13.3. The van der Waals surface area contributed by atoms with Crippen LogP contribution in [0.25, 0.3) is 78.0 Å². The zero-order valence-electron chi connectivity index (χ0n) is 36.4. The third-order valence-corrected chi connectivity index (χ3v) is 16.6. The lowest BCUT2D eigenvalue weighted by molar-refractivity contribution is -0.0418. The van der Waals surface area contributed by atoms with Gasteiger partial charge in [-0.15, -0.1) is 0 Å². The molecule has 0 radical (unpaired) electrons. The average molecular weight is 848 g/mol. The Bertz CT molecular complexity index is 3230. The molecule has 0 spiro atoms. The highest BCUT2D eigenvalue weighted by Crippen LogP contribution is 2.65. The van der Waals surface area contributed by atoms with Gasteiger partial charge in [0, 0.05) is 27.4 Å². The first-order valence-corrected chi connectivity index (χ1v) is 25.6. The fourth-order valence-corrected chi connectivity index (χ4v) is 13.6. The van der Waals surface area contributed by atoms with Crippen molar-refractivity contribution in [3.63, 3.8) is 0 Å². The Labute approximate surface area is 375 Å². The summed E-state index contributed by atoms with van der Waals surface area (Å²) in [5.41, 5.74) is 10.4. The largest absolute Gasteiger partial charge is 0.319 e. The molecule has 0 N–H and O–H groups in total. The number of nitrogens with zero attached hydrogens (tertiary/aromatic N) is 3. The minimum Gasteiger partial charge on any atom is -0.319 e. The van der Waals surface area contributed by atoms with E-state index in [2.05, 4.69) is 176 Å². The molecule has 0 saturated heterocycles. The molecule has 0 amide bonds. The summed E-state index contributed by atoms with van der Waals surface area (Å²) in [6.45, 7) is 3.74. The normalized spacial score (nSPS) is 21.4. The summed E-state index contributed by atoms with van der Waals surface area (Å²) in [6.07, 6.45) is 6.59. The van der Waals surface area contributed by atoms with Crippen LogP contribution in [0.2, 0.25) is 0 Å². The summed E-state index contributed by atoms with van der Waals surface area (Å²) in [6, 6.07) is 65.6. The molecule has 0 atom stereocenters. The quantitative estimate of drug-likeness (QED) is 0.143. The van der Waals surface area contributed by atoms with E-state index in [4.69, 9.17) is 15.0 Å². The Morgan fingerprint density at radius 2 is 0.891 bits per heavy atom. The predicted molar refractivity (Wildman–Crippen MR) is 265 cm³/mol. The number of hydrogen-bond donors (Lipinski definition) is 0. The van der Waals surface area contributed by atoms with Crippen LogP contribution in [0.15, 0.2) is 182 Å². The monoisotopic (exact) mass is 847 g/mol. The summed E-state index contributed by atoms with van der Waals surface area (Å²) < 4.78 is 13.3. The molecule has 1 aromatic heterocycles. The first-order chi connectivity index (χ1) is 31.3. The van der Waals surface area contributed by atoms with E-state index in [0.29, 0.717) is 29.3 Å². The van der Waals surface area contributed by atoms with E-state index >= 15 is 0 Å². The summed E-state index contributed by atoms with van der Waals surface area (Å²) in [5.74, 6) is 4.89. The van der Waals surface area contributed by atoms with Crippen molar-refractivity contribution in [2.24, 2.45) is 23.7 Å². The molecular formula is C59H50N3OP. The average Bonchev–Trinajstić information content (AvgIpc) is 3.33. The summed E-state index contributed by atoms with van der Waals surface area (Å²) in [4.78, 5) is 15.5. The molecule has 0 aliphatic heterocycles. The molecule has 0 unspecified atom stereocenters.